The summed E-state index contributed by atoms with van der Waals surface area (Å²) in [5.41, 5.74) is 1.21. The van der Waals surface area contributed by atoms with E-state index < -0.39 is 0 Å². The fraction of sp³-hybridized carbons (Fsp3) is 0.412. The Morgan fingerprint density at radius 2 is 1.62 bits per heavy atom. The Labute approximate surface area is 127 Å². The molecule has 0 radical (unpaired) electrons. The number of aryl methyl sites for hydroxylation is 1. The van der Waals surface area contributed by atoms with Crippen molar-refractivity contribution in [2.75, 3.05) is 10.6 Å². The van der Waals surface area contributed by atoms with Gasteiger partial charge in [-0.05, 0) is 40.2 Å². The normalized spacial score (nSPS) is 12.8. The molecule has 0 bridgehead atoms. The molecule has 0 fully saturated rings. The topological polar surface area (TPSA) is 49.8 Å². The molecule has 112 valence electrons. The summed E-state index contributed by atoms with van der Waals surface area (Å²) in [5, 5.41) is 6.82. The largest absolute Gasteiger partial charge is 0.365 e. The van der Waals surface area contributed by atoms with E-state index in [0.29, 0.717) is 0 Å². The number of aromatic nitrogens is 2. The fourth-order valence-electron chi connectivity index (χ4n) is 2.14. The molecule has 0 aliphatic rings. The van der Waals surface area contributed by atoms with Crippen LogP contribution in [0, 0.1) is 6.92 Å². The summed E-state index contributed by atoms with van der Waals surface area (Å²) in [6, 6.07) is 12.5. The van der Waals surface area contributed by atoms with Crippen LogP contribution in [0.1, 0.15) is 45.1 Å². The van der Waals surface area contributed by atoms with Crippen LogP contribution in [0.15, 0.2) is 36.4 Å². The second kappa shape index (κ2) is 6.12. The average Bonchev–Trinajstić information content (AvgIpc) is 2.36. The third-order valence-corrected chi connectivity index (χ3v) is 3.00. The number of anilines is 2. The molecular weight excluding hydrogens is 260 g/mol. The molecule has 4 nitrogen and oxygen atoms in total. The van der Waals surface area contributed by atoms with Gasteiger partial charge in [0, 0.05) is 17.6 Å². The lowest BCUT2D eigenvalue weighted by Crippen LogP contribution is -2.27. The van der Waals surface area contributed by atoms with Crippen molar-refractivity contribution in [2.24, 2.45) is 0 Å². The van der Waals surface area contributed by atoms with Gasteiger partial charge >= 0.3 is 0 Å². The van der Waals surface area contributed by atoms with E-state index in [-0.39, 0.29) is 11.6 Å². The van der Waals surface area contributed by atoms with Gasteiger partial charge in [0.1, 0.15) is 17.5 Å². The molecule has 2 N–H and O–H groups in total. The van der Waals surface area contributed by atoms with Crippen LogP contribution >= 0.6 is 0 Å². The minimum absolute atomic E-state index is 0.0247. The van der Waals surface area contributed by atoms with Gasteiger partial charge in [0.2, 0.25) is 0 Å². The van der Waals surface area contributed by atoms with E-state index in [2.05, 4.69) is 60.4 Å². The van der Waals surface area contributed by atoms with Crippen LogP contribution in [-0.2, 0) is 0 Å². The first-order valence-electron chi connectivity index (χ1n) is 7.29. The third kappa shape index (κ3) is 4.74. The van der Waals surface area contributed by atoms with Crippen LogP contribution in [0.4, 0.5) is 11.6 Å². The molecule has 1 unspecified atom stereocenters. The fourth-order valence-corrected chi connectivity index (χ4v) is 2.14. The number of nitrogens with one attached hydrogen (secondary N) is 2. The summed E-state index contributed by atoms with van der Waals surface area (Å²) in [6.07, 6.45) is 0. The van der Waals surface area contributed by atoms with Crippen LogP contribution in [0.5, 0.6) is 0 Å². The van der Waals surface area contributed by atoms with Gasteiger partial charge in [0.25, 0.3) is 0 Å². The molecule has 1 aromatic heterocycles. The predicted octanol–water partition coefficient (Wildman–Crippen LogP) is 4.17. The summed E-state index contributed by atoms with van der Waals surface area (Å²) in [5.74, 6) is 2.44. The molecule has 0 aliphatic heterocycles. The Kier molecular flexibility index (Phi) is 4.46. The summed E-state index contributed by atoms with van der Waals surface area (Å²) in [4.78, 5) is 8.90. The molecular formula is C17H24N4. The van der Waals surface area contributed by atoms with Gasteiger partial charge in [-0.15, -0.1) is 0 Å². The SMILES string of the molecule is Cc1nc(NC(C)c2ccccc2)cc(NC(C)(C)C)n1. The van der Waals surface area contributed by atoms with Gasteiger partial charge < -0.3 is 10.6 Å². The molecule has 1 atom stereocenters. The highest BCUT2D eigenvalue weighted by atomic mass is 15.1. The van der Waals surface area contributed by atoms with E-state index in [1.807, 2.05) is 31.2 Å². The molecule has 4 heteroatoms. The van der Waals surface area contributed by atoms with E-state index >= 15 is 0 Å². The first-order valence-corrected chi connectivity index (χ1v) is 7.29. The highest BCUT2D eigenvalue weighted by Gasteiger charge is 2.12. The van der Waals surface area contributed by atoms with E-state index in [4.69, 9.17) is 0 Å². The minimum atomic E-state index is -0.0247. The predicted molar refractivity (Wildman–Crippen MR) is 88.6 cm³/mol. The van der Waals surface area contributed by atoms with Crippen molar-refractivity contribution < 1.29 is 0 Å². The van der Waals surface area contributed by atoms with E-state index in [0.717, 1.165) is 17.5 Å². The van der Waals surface area contributed by atoms with E-state index in [1.54, 1.807) is 0 Å². The Hall–Kier alpha value is -2.10. The Morgan fingerprint density at radius 1 is 1.00 bits per heavy atom. The molecule has 0 spiro atoms. The highest BCUT2D eigenvalue weighted by molar-refractivity contribution is 5.49. The zero-order chi connectivity index (χ0) is 15.5. The maximum atomic E-state index is 4.47. The quantitative estimate of drug-likeness (QED) is 0.884. The van der Waals surface area contributed by atoms with Crippen molar-refractivity contribution in [1.82, 2.24) is 9.97 Å². The number of nitrogens with zero attached hydrogens (tertiary/aromatic N) is 2. The van der Waals surface area contributed by atoms with Crippen molar-refractivity contribution in [3.8, 4) is 0 Å². The van der Waals surface area contributed by atoms with Gasteiger partial charge in [-0.1, -0.05) is 30.3 Å². The zero-order valence-corrected chi connectivity index (χ0v) is 13.4. The molecule has 2 aromatic rings. The van der Waals surface area contributed by atoms with Gasteiger partial charge in [-0.3, -0.25) is 0 Å². The second-order valence-electron chi connectivity index (χ2n) is 6.34. The monoisotopic (exact) mass is 284 g/mol. The zero-order valence-electron chi connectivity index (χ0n) is 13.4. The van der Waals surface area contributed by atoms with E-state index in [9.17, 15) is 0 Å². The molecule has 2 rings (SSSR count). The summed E-state index contributed by atoms with van der Waals surface area (Å²) >= 11 is 0. The molecule has 1 aromatic carbocycles. The average molecular weight is 284 g/mol. The van der Waals surface area contributed by atoms with Crippen LogP contribution in [-0.4, -0.2) is 15.5 Å². The number of benzene rings is 1. The van der Waals surface area contributed by atoms with Crippen molar-refractivity contribution in [3.05, 3.63) is 47.8 Å². The lowest BCUT2D eigenvalue weighted by molar-refractivity contribution is 0.629. The van der Waals surface area contributed by atoms with Crippen molar-refractivity contribution in [2.45, 2.75) is 46.2 Å². The smallest absolute Gasteiger partial charge is 0.132 e. The summed E-state index contributed by atoms with van der Waals surface area (Å²) < 4.78 is 0. The first kappa shape index (κ1) is 15.3. The maximum Gasteiger partial charge on any atom is 0.132 e. The molecule has 0 saturated carbocycles. The van der Waals surface area contributed by atoms with Gasteiger partial charge in [0.05, 0.1) is 0 Å². The summed E-state index contributed by atoms with van der Waals surface area (Å²) in [6.45, 7) is 10.4. The van der Waals surface area contributed by atoms with Gasteiger partial charge in [0.15, 0.2) is 0 Å². The standard InChI is InChI=1S/C17H24N4/c1-12(14-9-7-6-8-10-14)18-15-11-16(20-13(2)19-15)21-17(3,4)5/h6-12H,1-5H3,(H2,18,19,20,21). The molecule has 0 aliphatic carbocycles. The third-order valence-electron chi connectivity index (χ3n) is 3.00. The van der Waals surface area contributed by atoms with Gasteiger partial charge in [-0.2, -0.15) is 0 Å². The number of rotatable bonds is 4. The van der Waals surface area contributed by atoms with Crippen molar-refractivity contribution >= 4 is 11.6 Å². The lowest BCUT2D eigenvalue weighted by Gasteiger charge is -2.22. The van der Waals surface area contributed by atoms with E-state index in [1.165, 1.54) is 5.56 Å². The minimum Gasteiger partial charge on any atom is -0.365 e. The first-order chi connectivity index (χ1) is 9.83. The number of hydrogen-bond acceptors (Lipinski definition) is 4. The van der Waals surface area contributed by atoms with Gasteiger partial charge in [-0.25, -0.2) is 9.97 Å². The number of hydrogen-bond donors (Lipinski definition) is 2. The maximum absolute atomic E-state index is 4.47. The molecule has 1 heterocycles. The van der Waals surface area contributed by atoms with Crippen LogP contribution < -0.4 is 10.6 Å². The highest BCUT2D eigenvalue weighted by Crippen LogP contribution is 2.21. The van der Waals surface area contributed by atoms with Crippen molar-refractivity contribution in [1.29, 1.82) is 0 Å². The Balaban J connectivity index is 2.16. The molecule has 0 amide bonds. The lowest BCUT2D eigenvalue weighted by atomic mass is 10.1. The second-order valence-corrected chi connectivity index (χ2v) is 6.34. The van der Waals surface area contributed by atoms with Crippen LogP contribution in [0.25, 0.3) is 0 Å². The van der Waals surface area contributed by atoms with Crippen LogP contribution in [0.2, 0.25) is 0 Å². The van der Waals surface area contributed by atoms with Crippen LogP contribution in [0.3, 0.4) is 0 Å². The Bertz CT molecular complexity index is 587. The van der Waals surface area contributed by atoms with Crippen molar-refractivity contribution in [3.63, 3.8) is 0 Å². The Morgan fingerprint density at radius 3 is 2.24 bits per heavy atom. The molecule has 0 saturated heterocycles. The summed E-state index contributed by atoms with van der Waals surface area (Å²) in [7, 11) is 0. The molecule has 21 heavy (non-hydrogen) atoms.